The number of carbonyl (C=O) groups excluding carboxylic acids is 1. The van der Waals surface area contributed by atoms with Gasteiger partial charge in [-0.3, -0.25) is 4.79 Å². The minimum absolute atomic E-state index is 0.227. The van der Waals surface area contributed by atoms with Crippen molar-refractivity contribution in [2.24, 2.45) is 5.92 Å². The maximum absolute atomic E-state index is 12.3. The van der Waals surface area contributed by atoms with Crippen molar-refractivity contribution in [1.82, 2.24) is 10.1 Å². The third kappa shape index (κ3) is 4.44. The van der Waals surface area contributed by atoms with E-state index in [2.05, 4.69) is 11.7 Å². The summed E-state index contributed by atoms with van der Waals surface area (Å²) in [7, 11) is 0. The molecule has 22 heavy (non-hydrogen) atoms. The lowest BCUT2D eigenvalue weighted by Crippen LogP contribution is -2.39. The van der Waals surface area contributed by atoms with E-state index in [4.69, 9.17) is 9.26 Å². The van der Waals surface area contributed by atoms with E-state index in [1.807, 2.05) is 18.7 Å². The standard InChI is InChI=1S/C17H26N2O3/c1-4-11-21-12-15-7-9-19(10-8-15)17(20)6-5-16-13(2)18-22-14(16)3/h4,15H,1,5-12H2,2-3H3. The van der Waals surface area contributed by atoms with Crippen molar-refractivity contribution >= 4 is 5.91 Å². The average molecular weight is 306 g/mol. The lowest BCUT2D eigenvalue weighted by atomic mass is 9.97. The zero-order chi connectivity index (χ0) is 15.9. The molecule has 5 heteroatoms. The second kappa shape index (κ2) is 8.13. The van der Waals surface area contributed by atoms with Crippen molar-refractivity contribution in [2.75, 3.05) is 26.3 Å². The molecule has 1 aliphatic rings. The van der Waals surface area contributed by atoms with Crippen LogP contribution in [0.3, 0.4) is 0 Å². The van der Waals surface area contributed by atoms with Crippen LogP contribution in [0.1, 0.15) is 36.3 Å². The number of ether oxygens (including phenoxy) is 1. The summed E-state index contributed by atoms with van der Waals surface area (Å²) in [6, 6.07) is 0. The number of rotatable bonds is 7. The highest BCUT2D eigenvalue weighted by Gasteiger charge is 2.23. The van der Waals surface area contributed by atoms with Crippen LogP contribution in [-0.2, 0) is 16.0 Å². The van der Waals surface area contributed by atoms with Crippen molar-refractivity contribution in [1.29, 1.82) is 0 Å². The van der Waals surface area contributed by atoms with Gasteiger partial charge in [-0.1, -0.05) is 11.2 Å². The monoisotopic (exact) mass is 306 g/mol. The predicted molar refractivity (Wildman–Crippen MR) is 84.6 cm³/mol. The molecule has 1 fully saturated rings. The van der Waals surface area contributed by atoms with Crippen molar-refractivity contribution in [3.63, 3.8) is 0 Å². The minimum atomic E-state index is 0.227. The zero-order valence-electron chi connectivity index (χ0n) is 13.6. The molecule has 0 radical (unpaired) electrons. The summed E-state index contributed by atoms with van der Waals surface area (Å²) in [5.41, 5.74) is 1.96. The molecular formula is C17H26N2O3. The van der Waals surface area contributed by atoms with Gasteiger partial charge in [-0.25, -0.2) is 0 Å². The van der Waals surface area contributed by atoms with Crippen LogP contribution < -0.4 is 0 Å². The quantitative estimate of drug-likeness (QED) is 0.574. The molecule has 0 bridgehead atoms. The van der Waals surface area contributed by atoms with Gasteiger partial charge in [0.1, 0.15) is 5.76 Å². The Morgan fingerprint density at radius 2 is 2.18 bits per heavy atom. The lowest BCUT2D eigenvalue weighted by molar-refractivity contribution is -0.132. The van der Waals surface area contributed by atoms with E-state index in [1.54, 1.807) is 6.08 Å². The van der Waals surface area contributed by atoms with Crippen LogP contribution in [0.2, 0.25) is 0 Å². The highest BCUT2D eigenvalue weighted by molar-refractivity contribution is 5.76. The second-order valence-electron chi connectivity index (χ2n) is 5.95. The molecule has 1 aromatic heterocycles. The van der Waals surface area contributed by atoms with Crippen LogP contribution in [0.25, 0.3) is 0 Å². The van der Waals surface area contributed by atoms with Crippen LogP contribution in [-0.4, -0.2) is 42.3 Å². The first kappa shape index (κ1) is 16.7. The Hall–Kier alpha value is -1.62. The first-order valence-electron chi connectivity index (χ1n) is 8.00. The molecule has 1 amide bonds. The first-order chi connectivity index (χ1) is 10.6. The minimum Gasteiger partial charge on any atom is -0.377 e. The largest absolute Gasteiger partial charge is 0.377 e. The fraction of sp³-hybridized carbons (Fsp3) is 0.647. The van der Waals surface area contributed by atoms with Crippen LogP contribution in [0.15, 0.2) is 17.2 Å². The Balaban J connectivity index is 1.72. The fourth-order valence-electron chi connectivity index (χ4n) is 2.92. The maximum Gasteiger partial charge on any atom is 0.222 e. The maximum atomic E-state index is 12.3. The zero-order valence-corrected chi connectivity index (χ0v) is 13.6. The predicted octanol–water partition coefficient (Wildman–Crippen LogP) is 2.67. The Bertz CT molecular complexity index is 483. The Morgan fingerprint density at radius 3 is 2.77 bits per heavy atom. The van der Waals surface area contributed by atoms with Gasteiger partial charge in [0, 0.05) is 31.7 Å². The van der Waals surface area contributed by atoms with E-state index in [-0.39, 0.29) is 5.91 Å². The number of aryl methyl sites for hydroxylation is 2. The van der Waals surface area contributed by atoms with Gasteiger partial charge in [-0.2, -0.15) is 0 Å². The third-order valence-corrected chi connectivity index (χ3v) is 4.33. The van der Waals surface area contributed by atoms with Crippen LogP contribution in [0.4, 0.5) is 0 Å². The Labute approximate surface area is 132 Å². The lowest BCUT2D eigenvalue weighted by Gasteiger charge is -2.32. The number of aromatic nitrogens is 1. The summed E-state index contributed by atoms with van der Waals surface area (Å²) in [5, 5.41) is 3.93. The summed E-state index contributed by atoms with van der Waals surface area (Å²) >= 11 is 0. The van der Waals surface area contributed by atoms with E-state index < -0.39 is 0 Å². The highest BCUT2D eigenvalue weighted by atomic mass is 16.5. The van der Waals surface area contributed by atoms with Gasteiger partial charge < -0.3 is 14.2 Å². The third-order valence-electron chi connectivity index (χ3n) is 4.33. The molecule has 2 rings (SSSR count). The molecule has 1 aliphatic heterocycles. The summed E-state index contributed by atoms with van der Waals surface area (Å²) in [6.07, 6.45) is 5.05. The van der Waals surface area contributed by atoms with Crippen LogP contribution >= 0.6 is 0 Å². The molecule has 0 saturated carbocycles. The van der Waals surface area contributed by atoms with Crippen LogP contribution in [0.5, 0.6) is 0 Å². The number of piperidine rings is 1. The molecule has 5 nitrogen and oxygen atoms in total. The summed E-state index contributed by atoms with van der Waals surface area (Å²) in [4.78, 5) is 14.3. The van der Waals surface area contributed by atoms with E-state index in [0.717, 1.165) is 49.6 Å². The van der Waals surface area contributed by atoms with Gasteiger partial charge in [0.15, 0.2) is 0 Å². The van der Waals surface area contributed by atoms with Gasteiger partial charge >= 0.3 is 0 Å². The number of nitrogens with zero attached hydrogens (tertiary/aromatic N) is 2. The van der Waals surface area contributed by atoms with Crippen molar-refractivity contribution in [2.45, 2.75) is 39.5 Å². The van der Waals surface area contributed by atoms with Gasteiger partial charge in [-0.15, -0.1) is 6.58 Å². The van der Waals surface area contributed by atoms with Gasteiger partial charge in [0.2, 0.25) is 5.91 Å². The molecule has 0 spiro atoms. The molecule has 0 atom stereocenters. The van der Waals surface area contributed by atoms with Gasteiger partial charge in [-0.05, 0) is 39.0 Å². The van der Waals surface area contributed by atoms with E-state index >= 15 is 0 Å². The molecule has 0 aromatic carbocycles. The molecule has 0 N–H and O–H groups in total. The smallest absolute Gasteiger partial charge is 0.222 e. The SMILES string of the molecule is C=CCOCC1CCN(C(=O)CCc2c(C)noc2C)CC1. The molecule has 0 aliphatic carbocycles. The summed E-state index contributed by atoms with van der Waals surface area (Å²) < 4.78 is 10.6. The number of hydrogen-bond donors (Lipinski definition) is 0. The normalized spacial score (nSPS) is 16.0. The average Bonchev–Trinajstić information content (AvgIpc) is 2.84. The van der Waals surface area contributed by atoms with Crippen molar-refractivity contribution in [3.05, 3.63) is 29.7 Å². The van der Waals surface area contributed by atoms with Gasteiger partial charge in [0.05, 0.1) is 12.3 Å². The number of likely N-dealkylation sites (tertiary alicyclic amines) is 1. The fourth-order valence-corrected chi connectivity index (χ4v) is 2.92. The Morgan fingerprint density at radius 1 is 1.45 bits per heavy atom. The van der Waals surface area contributed by atoms with Crippen LogP contribution in [0, 0.1) is 19.8 Å². The summed E-state index contributed by atoms with van der Waals surface area (Å²) in [5.74, 6) is 1.61. The van der Waals surface area contributed by atoms with Crippen molar-refractivity contribution < 1.29 is 14.1 Å². The molecule has 122 valence electrons. The summed E-state index contributed by atoms with van der Waals surface area (Å²) in [6.45, 7) is 10.5. The highest BCUT2D eigenvalue weighted by Crippen LogP contribution is 2.20. The van der Waals surface area contributed by atoms with E-state index in [9.17, 15) is 4.79 Å². The van der Waals surface area contributed by atoms with Crippen molar-refractivity contribution in [3.8, 4) is 0 Å². The number of hydrogen-bond acceptors (Lipinski definition) is 4. The first-order valence-corrected chi connectivity index (χ1v) is 8.00. The Kier molecular flexibility index (Phi) is 6.19. The molecule has 1 saturated heterocycles. The number of carbonyl (C=O) groups is 1. The molecular weight excluding hydrogens is 280 g/mol. The van der Waals surface area contributed by atoms with E-state index in [1.165, 1.54) is 0 Å². The topological polar surface area (TPSA) is 55.6 Å². The molecule has 0 unspecified atom stereocenters. The number of amides is 1. The van der Waals surface area contributed by atoms with Gasteiger partial charge in [0.25, 0.3) is 0 Å². The van der Waals surface area contributed by atoms with E-state index in [0.29, 0.717) is 25.4 Å². The second-order valence-corrected chi connectivity index (χ2v) is 5.95. The molecule has 1 aromatic rings. The molecule has 2 heterocycles.